The first-order valence-corrected chi connectivity index (χ1v) is 5.87. The largest absolute Gasteiger partial charge is 0.364 e. The standard InChI is InChI=1S/C11H16N6O2/c1-8-10(17(18)19)11(16(3)14-8)13-5-4-9-6-12-7-15(9)2/h6-7,13H,4-5H2,1-3H3. The second-order valence-electron chi connectivity index (χ2n) is 4.34. The maximum absolute atomic E-state index is 11.0. The molecule has 2 aromatic rings. The predicted molar refractivity (Wildman–Crippen MR) is 70.0 cm³/mol. The van der Waals surface area contributed by atoms with Crippen LogP contribution in [0.15, 0.2) is 12.5 Å². The van der Waals surface area contributed by atoms with E-state index >= 15 is 0 Å². The quantitative estimate of drug-likeness (QED) is 0.643. The first-order valence-electron chi connectivity index (χ1n) is 5.87. The van der Waals surface area contributed by atoms with E-state index in [0.717, 1.165) is 12.1 Å². The molecule has 19 heavy (non-hydrogen) atoms. The van der Waals surface area contributed by atoms with Gasteiger partial charge in [0.15, 0.2) is 0 Å². The second kappa shape index (κ2) is 5.09. The molecule has 0 unspecified atom stereocenters. The number of aromatic nitrogens is 4. The summed E-state index contributed by atoms with van der Waals surface area (Å²) in [6.07, 6.45) is 4.24. The van der Waals surface area contributed by atoms with Crippen molar-refractivity contribution in [1.82, 2.24) is 19.3 Å². The first-order chi connectivity index (χ1) is 9.00. The minimum atomic E-state index is -0.408. The maximum Gasteiger partial charge on any atom is 0.333 e. The number of hydrogen-bond acceptors (Lipinski definition) is 5. The molecule has 0 aromatic carbocycles. The molecular weight excluding hydrogens is 248 g/mol. The van der Waals surface area contributed by atoms with Gasteiger partial charge in [0.25, 0.3) is 0 Å². The highest BCUT2D eigenvalue weighted by Gasteiger charge is 2.23. The van der Waals surface area contributed by atoms with Crippen molar-refractivity contribution in [2.75, 3.05) is 11.9 Å². The molecule has 2 heterocycles. The van der Waals surface area contributed by atoms with E-state index in [1.54, 1.807) is 26.5 Å². The molecule has 2 aromatic heterocycles. The van der Waals surface area contributed by atoms with Crippen molar-refractivity contribution in [2.45, 2.75) is 13.3 Å². The second-order valence-corrected chi connectivity index (χ2v) is 4.34. The lowest BCUT2D eigenvalue weighted by Gasteiger charge is -2.06. The molecule has 0 aliphatic heterocycles. The summed E-state index contributed by atoms with van der Waals surface area (Å²) in [6, 6.07) is 0. The molecule has 0 atom stereocenters. The number of anilines is 1. The van der Waals surface area contributed by atoms with Crippen molar-refractivity contribution in [3.05, 3.63) is 34.0 Å². The SMILES string of the molecule is Cc1nn(C)c(NCCc2cncn2C)c1[N+](=O)[O-]. The molecule has 0 saturated heterocycles. The summed E-state index contributed by atoms with van der Waals surface area (Å²) in [6.45, 7) is 2.21. The van der Waals surface area contributed by atoms with Crippen LogP contribution in [0.1, 0.15) is 11.4 Å². The van der Waals surface area contributed by atoms with Crippen LogP contribution in [-0.2, 0) is 20.5 Å². The van der Waals surface area contributed by atoms with Crippen molar-refractivity contribution in [2.24, 2.45) is 14.1 Å². The Hall–Kier alpha value is -2.38. The fourth-order valence-electron chi connectivity index (χ4n) is 2.00. The van der Waals surface area contributed by atoms with Crippen LogP contribution >= 0.6 is 0 Å². The molecule has 2 rings (SSSR count). The molecule has 0 amide bonds. The Morgan fingerprint density at radius 2 is 2.21 bits per heavy atom. The zero-order chi connectivity index (χ0) is 14.0. The van der Waals surface area contributed by atoms with Crippen molar-refractivity contribution in [3.8, 4) is 0 Å². The molecule has 0 aliphatic carbocycles. The van der Waals surface area contributed by atoms with E-state index in [9.17, 15) is 10.1 Å². The average molecular weight is 264 g/mol. The van der Waals surface area contributed by atoms with Crippen molar-refractivity contribution in [1.29, 1.82) is 0 Å². The third-order valence-electron chi connectivity index (χ3n) is 2.96. The van der Waals surface area contributed by atoms with Gasteiger partial charge in [0.05, 0.1) is 11.3 Å². The molecule has 8 heteroatoms. The summed E-state index contributed by atoms with van der Waals surface area (Å²) in [4.78, 5) is 14.6. The summed E-state index contributed by atoms with van der Waals surface area (Å²) >= 11 is 0. The predicted octanol–water partition coefficient (Wildman–Crippen LogP) is 1.02. The van der Waals surface area contributed by atoms with Gasteiger partial charge in [-0.25, -0.2) is 9.67 Å². The highest BCUT2D eigenvalue weighted by Crippen LogP contribution is 2.26. The van der Waals surface area contributed by atoms with E-state index in [2.05, 4.69) is 15.4 Å². The molecule has 0 saturated carbocycles. The van der Waals surface area contributed by atoms with E-state index in [-0.39, 0.29) is 5.69 Å². The summed E-state index contributed by atoms with van der Waals surface area (Å²) in [5.74, 6) is 0.435. The number of rotatable bonds is 5. The van der Waals surface area contributed by atoms with Crippen LogP contribution in [0.2, 0.25) is 0 Å². The molecule has 102 valence electrons. The Morgan fingerprint density at radius 1 is 1.47 bits per heavy atom. The van der Waals surface area contributed by atoms with Gasteiger partial charge in [-0.05, 0) is 6.92 Å². The van der Waals surface area contributed by atoms with Crippen LogP contribution in [0.3, 0.4) is 0 Å². The molecule has 0 radical (unpaired) electrons. The highest BCUT2D eigenvalue weighted by atomic mass is 16.6. The molecule has 0 fully saturated rings. The van der Waals surface area contributed by atoms with Gasteiger partial charge in [0.1, 0.15) is 5.69 Å². The highest BCUT2D eigenvalue weighted by molar-refractivity contribution is 5.59. The number of aryl methyl sites for hydroxylation is 3. The van der Waals surface area contributed by atoms with Gasteiger partial charge < -0.3 is 9.88 Å². The molecule has 1 N–H and O–H groups in total. The van der Waals surface area contributed by atoms with Crippen LogP contribution in [0.4, 0.5) is 11.5 Å². The van der Waals surface area contributed by atoms with Crippen molar-refractivity contribution in [3.63, 3.8) is 0 Å². The molecule has 0 spiro atoms. The van der Waals surface area contributed by atoms with Gasteiger partial charge in [-0.15, -0.1) is 0 Å². The van der Waals surface area contributed by atoms with Gasteiger partial charge in [-0.3, -0.25) is 10.1 Å². The first kappa shape index (κ1) is 13.1. The lowest BCUT2D eigenvalue weighted by atomic mass is 10.3. The topological polar surface area (TPSA) is 90.8 Å². The van der Waals surface area contributed by atoms with E-state index in [0.29, 0.717) is 18.1 Å². The number of nitrogens with one attached hydrogen (secondary N) is 1. The Labute approximate surface area is 110 Å². The molecule has 0 bridgehead atoms. The summed E-state index contributed by atoms with van der Waals surface area (Å²) in [7, 11) is 3.60. The number of nitrogens with zero attached hydrogens (tertiary/aromatic N) is 5. The number of hydrogen-bond donors (Lipinski definition) is 1. The normalized spacial score (nSPS) is 10.7. The summed E-state index contributed by atoms with van der Waals surface area (Å²) in [5.41, 5.74) is 1.51. The van der Waals surface area contributed by atoms with E-state index in [1.165, 1.54) is 4.68 Å². The molecule has 0 aliphatic rings. The maximum atomic E-state index is 11.0. The van der Waals surface area contributed by atoms with E-state index < -0.39 is 4.92 Å². The van der Waals surface area contributed by atoms with Crippen LogP contribution in [0, 0.1) is 17.0 Å². The summed E-state index contributed by atoms with van der Waals surface area (Å²) < 4.78 is 3.42. The van der Waals surface area contributed by atoms with E-state index in [4.69, 9.17) is 0 Å². The minimum Gasteiger partial charge on any atom is -0.364 e. The number of nitro groups is 1. The van der Waals surface area contributed by atoms with Crippen LogP contribution < -0.4 is 5.32 Å². The van der Waals surface area contributed by atoms with Gasteiger partial charge >= 0.3 is 5.69 Å². The Bertz CT molecular complexity index is 600. The van der Waals surface area contributed by atoms with Crippen molar-refractivity contribution < 1.29 is 4.92 Å². The zero-order valence-corrected chi connectivity index (χ0v) is 11.1. The smallest absolute Gasteiger partial charge is 0.333 e. The third-order valence-corrected chi connectivity index (χ3v) is 2.96. The molecular formula is C11H16N6O2. The minimum absolute atomic E-state index is 0.0347. The average Bonchev–Trinajstić information content (AvgIpc) is 2.84. The van der Waals surface area contributed by atoms with Gasteiger partial charge in [-0.1, -0.05) is 0 Å². The fraction of sp³-hybridized carbons (Fsp3) is 0.455. The zero-order valence-electron chi connectivity index (χ0n) is 11.1. The Kier molecular flexibility index (Phi) is 3.50. The number of imidazole rings is 1. The third kappa shape index (κ3) is 2.56. The van der Waals surface area contributed by atoms with Gasteiger partial charge in [0.2, 0.25) is 5.82 Å². The summed E-state index contributed by atoms with van der Waals surface area (Å²) in [5, 5.41) is 18.1. The van der Waals surface area contributed by atoms with Crippen LogP contribution in [-0.4, -0.2) is 30.8 Å². The Balaban J connectivity index is 2.08. The lowest BCUT2D eigenvalue weighted by Crippen LogP contribution is -2.11. The van der Waals surface area contributed by atoms with Crippen LogP contribution in [0.5, 0.6) is 0 Å². The Morgan fingerprint density at radius 3 is 2.79 bits per heavy atom. The fourth-order valence-corrected chi connectivity index (χ4v) is 2.00. The van der Waals surface area contributed by atoms with Gasteiger partial charge in [-0.2, -0.15) is 5.10 Å². The van der Waals surface area contributed by atoms with Crippen LogP contribution in [0.25, 0.3) is 0 Å². The van der Waals surface area contributed by atoms with Gasteiger partial charge in [0, 0.05) is 39.0 Å². The van der Waals surface area contributed by atoms with E-state index in [1.807, 2.05) is 11.6 Å². The lowest BCUT2D eigenvalue weighted by molar-refractivity contribution is -0.384. The van der Waals surface area contributed by atoms with Crippen molar-refractivity contribution >= 4 is 11.5 Å². The molecule has 8 nitrogen and oxygen atoms in total. The monoisotopic (exact) mass is 264 g/mol.